The number of rotatable bonds is 9. The van der Waals surface area contributed by atoms with Crippen molar-refractivity contribution in [3.8, 4) is 0 Å². The first kappa shape index (κ1) is 18.3. The molecule has 122 valence electrons. The highest BCUT2D eigenvalue weighted by Crippen LogP contribution is 2.11. The van der Waals surface area contributed by atoms with E-state index in [4.69, 9.17) is 0 Å². The monoisotopic (exact) mass is 325 g/mol. The zero-order chi connectivity index (χ0) is 16.6. The van der Waals surface area contributed by atoms with E-state index >= 15 is 0 Å². The van der Waals surface area contributed by atoms with Crippen molar-refractivity contribution >= 4 is 15.9 Å². The first-order valence-electron chi connectivity index (χ1n) is 7.13. The Bertz CT molecular complexity index is 614. The van der Waals surface area contributed by atoms with E-state index in [-0.39, 0.29) is 23.4 Å². The van der Waals surface area contributed by atoms with Gasteiger partial charge >= 0.3 is 0 Å². The number of likely N-dealkylation sites (N-methyl/N-ethyl adjacent to an activating group) is 1. The van der Waals surface area contributed by atoms with Crippen LogP contribution in [-0.4, -0.2) is 40.0 Å². The highest BCUT2D eigenvalue weighted by Gasteiger charge is 2.15. The van der Waals surface area contributed by atoms with Crippen LogP contribution in [0, 0.1) is 0 Å². The number of hydrogen-bond acceptors (Lipinski definition) is 4. The average molecular weight is 325 g/mol. The molecule has 1 aromatic carbocycles. The van der Waals surface area contributed by atoms with Crippen molar-refractivity contribution in [3.05, 3.63) is 42.5 Å². The summed E-state index contributed by atoms with van der Waals surface area (Å²) in [6, 6.07) is 6.09. The molecule has 1 amide bonds. The third kappa shape index (κ3) is 5.59. The minimum atomic E-state index is -3.63. The number of amides is 1. The molecular formula is C15H23N3O3S. The number of carbonyl (C=O) groups is 1. The van der Waals surface area contributed by atoms with Crippen molar-refractivity contribution in [2.75, 3.05) is 19.6 Å². The van der Waals surface area contributed by atoms with Crippen LogP contribution in [0.3, 0.4) is 0 Å². The molecule has 0 aliphatic heterocycles. The van der Waals surface area contributed by atoms with Crippen LogP contribution in [0.2, 0.25) is 0 Å². The Morgan fingerprint density at radius 1 is 1.41 bits per heavy atom. The molecular weight excluding hydrogens is 302 g/mol. The molecule has 0 aliphatic carbocycles. The molecule has 0 unspecified atom stereocenters. The minimum Gasteiger partial charge on any atom is -0.350 e. The lowest BCUT2D eigenvalue weighted by Crippen LogP contribution is -2.38. The Kier molecular flexibility index (Phi) is 7.23. The van der Waals surface area contributed by atoms with Crippen LogP contribution in [0.5, 0.6) is 0 Å². The fourth-order valence-electron chi connectivity index (χ4n) is 1.82. The van der Waals surface area contributed by atoms with Gasteiger partial charge in [-0.15, -0.1) is 6.58 Å². The standard InChI is InChI=1S/C15H23N3O3S/c1-4-9-18-22(20,21)14-8-6-7-13(10-14)15(19)17-11-12(3)16-5-2/h4,6-8,10,12,16,18H,1,5,9,11H2,2-3H3,(H,17,19)/t12-/m1/s1. The van der Waals surface area contributed by atoms with Gasteiger partial charge in [0.1, 0.15) is 0 Å². The molecule has 0 aromatic heterocycles. The summed E-state index contributed by atoms with van der Waals surface area (Å²) in [7, 11) is -3.63. The Labute approximate surface area is 132 Å². The van der Waals surface area contributed by atoms with E-state index < -0.39 is 10.0 Å². The number of hydrogen-bond donors (Lipinski definition) is 3. The van der Waals surface area contributed by atoms with E-state index in [0.29, 0.717) is 12.1 Å². The van der Waals surface area contributed by atoms with Gasteiger partial charge in [-0.05, 0) is 31.7 Å². The van der Waals surface area contributed by atoms with Crippen molar-refractivity contribution in [1.82, 2.24) is 15.4 Å². The van der Waals surface area contributed by atoms with Crippen molar-refractivity contribution in [2.24, 2.45) is 0 Å². The van der Waals surface area contributed by atoms with Crippen LogP contribution in [0.4, 0.5) is 0 Å². The average Bonchev–Trinajstić information content (AvgIpc) is 2.51. The Morgan fingerprint density at radius 2 is 2.14 bits per heavy atom. The zero-order valence-electron chi connectivity index (χ0n) is 12.9. The van der Waals surface area contributed by atoms with Crippen molar-refractivity contribution in [1.29, 1.82) is 0 Å². The molecule has 0 saturated heterocycles. The maximum absolute atomic E-state index is 12.1. The molecule has 1 aromatic rings. The van der Waals surface area contributed by atoms with Crippen LogP contribution in [0.1, 0.15) is 24.2 Å². The fraction of sp³-hybridized carbons (Fsp3) is 0.400. The van der Waals surface area contributed by atoms with E-state index in [1.54, 1.807) is 12.1 Å². The summed E-state index contributed by atoms with van der Waals surface area (Å²) in [6.45, 7) is 8.84. The molecule has 1 atom stereocenters. The Balaban J connectivity index is 2.79. The fourth-order valence-corrected chi connectivity index (χ4v) is 2.87. The normalized spacial score (nSPS) is 12.6. The van der Waals surface area contributed by atoms with Gasteiger partial charge in [0.15, 0.2) is 0 Å². The molecule has 0 saturated carbocycles. The predicted molar refractivity (Wildman–Crippen MR) is 87.3 cm³/mol. The lowest BCUT2D eigenvalue weighted by Gasteiger charge is -2.13. The topological polar surface area (TPSA) is 87.3 Å². The first-order chi connectivity index (χ1) is 10.4. The largest absolute Gasteiger partial charge is 0.350 e. The van der Waals surface area contributed by atoms with Crippen LogP contribution in [0.15, 0.2) is 41.8 Å². The Morgan fingerprint density at radius 3 is 2.77 bits per heavy atom. The van der Waals surface area contributed by atoms with Gasteiger partial charge in [-0.1, -0.05) is 19.1 Å². The summed E-state index contributed by atoms with van der Waals surface area (Å²) < 4.78 is 26.4. The molecule has 1 rings (SSSR count). The third-order valence-corrected chi connectivity index (χ3v) is 4.37. The Hall–Kier alpha value is -1.70. The molecule has 0 fully saturated rings. The molecule has 6 nitrogen and oxygen atoms in total. The number of nitrogens with one attached hydrogen (secondary N) is 3. The highest BCUT2D eigenvalue weighted by atomic mass is 32.2. The van der Waals surface area contributed by atoms with Gasteiger partial charge in [-0.25, -0.2) is 13.1 Å². The highest BCUT2D eigenvalue weighted by molar-refractivity contribution is 7.89. The first-order valence-corrected chi connectivity index (χ1v) is 8.61. The van der Waals surface area contributed by atoms with Crippen LogP contribution in [0.25, 0.3) is 0 Å². The van der Waals surface area contributed by atoms with Gasteiger partial charge in [-0.3, -0.25) is 4.79 Å². The summed E-state index contributed by atoms with van der Waals surface area (Å²) in [4.78, 5) is 12.1. The molecule has 0 heterocycles. The summed E-state index contributed by atoms with van der Waals surface area (Å²) >= 11 is 0. The molecule has 7 heteroatoms. The molecule has 22 heavy (non-hydrogen) atoms. The smallest absolute Gasteiger partial charge is 0.251 e. The molecule has 0 bridgehead atoms. The zero-order valence-corrected chi connectivity index (χ0v) is 13.7. The van der Waals surface area contributed by atoms with Crippen molar-refractivity contribution < 1.29 is 13.2 Å². The second kappa shape index (κ2) is 8.67. The van der Waals surface area contributed by atoms with E-state index in [1.165, 1.54) is 18.2 Å². The second-order valence-electron chi connectivity index (χ2n) is 4.84. The lowest BCUT2D eigenvalue weighted by molar-refractivity contribution is 0.0950. The lowest BCUT2D eigenvalue weighted by atomic mass is 10.2. The van der Waals surface area contributed by atoms with Gasteiger partial charge in [0.25, 0.3) is 5.91 Å². The van der Waals surface area contributed by atoms with E-state index in [9.17, 15) is 13.2 Å². The van der Waals surface area contributed by atoms with E-state index in [2.05, 4.69) is 21.9 Å². The summed E-state index contributed by atoms with van der Waals surface area (Å²) in [6.07, 6.45) is 1.45. The maximum atomic E-state index is 12.1. The number of carbonyl (C=O) groups excluding carboxylic acids is 1. The second-order valence-corrected chi connectivity index (χ2v) is 6.60. The van der Waals surface area contributed by atoms with Crippen LogP contribution < -0.4 is 15.4 Å². The molecule has 0 radical (unpaired) electrons. The van der Waals surface area contributed by atoms with Gasteiger partial charge in [-0.2, -0.15) is 0 Å². The number of sulfonamides is 1. The van der Waals surface area contributed by atoms with Crippen LogP contribution >= 0.6 is 0 Å². The minimum absolute atomic E-state index is 0.0572. The summed E-state index contributed by atoms with van der Waals surface area (Å²) in [5, 5.41) is 5.95. The molecule has 0 spiro atoms. The quantitative estimate of drug-likeness (QED) is 0.588. The van der Waals surface area contributed by atoms with E-state index in [0.717, 1.165) is 6.54 Å². The van der Waals surface area contributed by atoms with Crippen molar-refractivity contribution in [3.63, 3.8) is 0 Å². The molecule has 0 aliphatic rings. The molecule has 3 N–H and O–H groups in total. The van der Waals surface area contributed by atoms with Gasteiger partial charge < -0.3 is 10.6 Å². The van der Waals surface area contributed by atoms with Gasteiger partial charge in [0.2, 0.25) is 10.0 Å². The summed E-state index contributed by atoms with van der Waals surface area (Å²) in [5.74, 6) is -0.300. The summed E-state index contributed by atoms with van der Waals surface area (Å²) in [5.41, 5.74) is 0.310. The number of benzene rings is 1. The van der Waals surface area contributed by atoms with Crippen LogP contribution in [-0.2, 0) is 10.0 Å². The van der Waals surface area contributed by atoms with Gasteiger partial charge in [0, 0.05) is 24.7 Å². The third-order valence-electron chi connectivity index (χ3n) is 2.95. The van der Waals surface area contributed by atoms with Gasteiger partial charge in [0.05, 0.1) is 4.90 Å². The van der Waals surface area contributed by atoms with E-state index in [1.807, 2.05) is 13.8 Å². The maximum Gasteiger partial charge on any atom is 0.251 e. The predicted octanol–water partition coefficient (Wildman–Crippen LogP) is 0.879. The van der Waals surface area contributed by atoms with Crippen molar-refractivity contribution in [2.45, 2.75) is 24.8 Å². The SMILES string of the molecule is C=CCNS(=O)(=O)c1cccc(C(=O)NC[C@@H](C)NCC)c1.